The second-order valence-corrected chi connectivity index (χ2v) is 20.7. The van der Waals surface area contributed by atoms with Crippen LogP contribution in [0.25, 0.3) is 0 Å². The Balaban J connectivity index is 2.29. The summed E-state index contributed by atoms with van der Waals surface area (Å²) in [5.41, 5.74) is 4.15. The third kappa shape index (κ3) is 7.98. The minimum Gasteiger partial charge on any atom is -0.507 e. The number of nitrogens with zero attached hydrogens (tertiary/aromatic N) is 2. The molecule has 2 aliphatic heterocycles. The summed E-state index contributed by atoms with van der Waals surface area (Å²) in [6.07, 6.45) is 9.83. The Kier molecular flexibility index (Phi) is 10.6. The lowest BCUT2D eigenvalue weighted by Crippen LogP contribution is -2.63. The van der Waals surface area contributed by atoms with Crippen LogP contribution < -0.4 is 0 Å². The van der Waals surface area contributed by atoms with E-state index in [0.29, 0.717) is 23.5 Å². The zero-order valence-corrected chi connectivity index (χ0v) is 33.4. The van der Waals surface area contributed by atoms with Crippen molar-refractivity contribution < 1.29 is 5.11 Å². The fourth-order valence-electron chi connectivity index (χ4n) is 10.3. The summed E-state index contributed by atoms with van der Waals surface area (Å²) in [4.78, 5) is 5.34. The second kappa shape index (κ2) is 12.4. The minimum atomic E-state index is -0.122. The lowest BCUT2D eigenvalue weighted by Gasteiger charge is -2.62. The van der Waals surface area contributed by atoms with Crippen LogP contribution >= 0.6 is 0 Å². The smallest absolute Gasteiger partial charge is 0.123 e. The summed E-state index contributed by atoms with van der Waals surface area (Å²) in [5.74, 6) is 2.44. The molecule has 1 aromatic carbocycles. The van der Waals surface area contributed by atoms with Crippen LogP contribution in [0.1, 0.15) is 172 Å². The number of piperidine rings is 2. The van der Waals surface area contributed by atoms with E-state index in [1.807, 2.05) is 0 Å². The first-order valence-electron chi connectivity index (χ1n) is 18.4. The third-order valence-electron chi connectivity index (χ3n) is 13.0. The van der Waals surface area contributed by atoms with Crippen molar-refractivity contribution in [3.63, 3.8) is 0 Å². The Labute approximate surface area is 281 Å². The molecule has 1 N–H and O–H groups in total. The van der Waals surface area contributed by atoms with Crippen molar-refractivity contribution in [2.24, 2.45) is 23.2 Å². The van der Waals surface area contributed by atoms with Crippen molar-refractivity contribution in [2.45, 2.75) is 195 Å². The van der Waals surface area contributed by atoms with Crippen LogP contribution in [0.3, 0.4) is 0 Å². The van der Waals surface area contributed by atoms with Gasteiger partial charge in [-0.1, -0.05) is 80.4 Å². The summed E-state index contributed by atoms with van der Waals surface area (Å²) < 4.78 is 0. The van der Waals surface area contributed by atoms with Crippen molar-refractivity contribution >= 4 is 0 Å². The largest absolute Gasteiger partial charge is 0.507 e. The highest BCUT2D eigenvalue weighted by Crippen LogP contribution is 2.57. The molecule has 0 spiro atoms. The van der Waals surface area contributed by atoms with Crippen LogP contribution in [0.5, 0.6) is 5.75 Å². The molecule has 0 saturated carbocycles. The summed E-state index contributed by atoms with van der Waals surface area (Å²) in [7, 11) is 4.73. The maximum Gasteiger partial charge on any atom is 0.123 e. The number of hydrogen-bond donors (Lipinski definition) is 1. The van der Waals surface area contributed by atoms with Gasteiger partial charge in [-0.05, 0) is 159 Å². The summed E-state index contributed by atoms with van der Waals surface area (Å²) in [6, 6.07) is 4.77. The molecule has 3 rings (SSSR count). The first-order valence-corrected chi connectivity index (χ1v) is 18.4. The molecular weight excluding hydrogens is 548 g/mol. The van der Waals surface area contributed by atoms with Crippen molar-refractivity contribution in [2.75, 3.05) is 14.1 Å². The molecule has 2 fully saturated rings. The number of hydrogen-bond acceptors (Lipinski definition) is 3. The zero-order valence-electron chi connectivity index (χ0n) is 33.4. The summed E-state index contributed by atoms with van der Waals surface area (Å²) in [5, 5.41) is 11.6. The molecule has 1 atom stereocenters. The lowest BCUT2D eigenvalue weighted by atomic mass is 9.52. The molecule has 0 bridgehead atoms. The predicted octanol–water partition coefficient (Wildman–Crippen LogP) is 11.1. The van der Waals surface area contributed by atoms with Crippen LogP contribution in [-0.4, -0.2) is 51.2 Å². The third-order valence-corrected chi connectivity index (χ3v) is 13.0. The van der Waals surface area contributed by atoms with Gasteiger partial charge in [-0.2, -0.15) is 0 Å². The Hall–Kier alpha value is -1.06. The van der Waals surface area contributed by atoms with Gasteiger partial charge < -0.3 is 5.11 Å². The number of benzene rings is 1. The highest BCUT2D eigenvalue weighted by Gasteiger charge is 2.54. The Morgan fingerprint density at radius 1 is 0.689 bits per heavy atom. The Bertz CT molecular complexity index is 1060. The SMILES string of the molecule is CCCCC(C)(Cc1cc(C(C)(C)C)c(O)c(C(C)(C)C)c1)C(C1CC(C)(C)N(C)C(C)(C)C1)C1CC(C)(C)N(C)C(C)(C)C1. The number of rotatable bonds is 8. The van der Waals surface area contributed by atoms with Crippen molar-refractivity contribution in [3.05, 3.63) is 28.8 Å². The maximum absolute atomic E-state index is 11.6. The van der Waals surface area contributed by atoms with E-state index in [2.05, 4.69) is 147 Å². The number of phenols is 1. The second-order valence-electron chi connectivity index (χ2n) is 20.7. The molecule has 0 amide bonds. The molecule has 0 aliphatic carbocycles. The van der Waals surface area contributed by atoms with E-state index in [9.17, 15) is 5.11 Å². The van der Waals surface area contributed by atoms with E-state index < -0.39 is 0 Å². The standard InChI is InChI=1S/C42H76N2O/c1-19-20-21-42(16,24-29-22-32(36(2,3)4)35(45)33(23-29)37(5,6)7)34(30-25-38(8,9)43(17)39(10,11)26-30)31-27-40(12,13)44(18)41(14,15)28-31/h22-23,30-31,34,45H,19-21,24-28H2,1-18H3. The van der Waals surface area contributed by atoms with Crippen molar-refractivity contribution in [3.8, 4) is 5.75 Å². The minimum absolute atomic E-state index is 0.122. The summed E-state index contributed by atoms with van der Waals surface area (Å²) >= 11 is 0. The van der Waals surface area contributed by atoms with Crippen molar-refractivity contribution in [1.82, 2.24) is 9.80 Å². The van der Waals surface area contributed by atoms with E-state index in [4.69, 9.17) is 0 Å². The van der Waals surface area contributed by atoms with Crippen LogP contribution in [0, 0.1) is 23.2 Å². The molecule has 0 aromatic heterocycles. The van der Waals surface area contributed by atoms with Gasteiger partial charge in [0.1, 0.15) is 5.75 Å². The van der Waals surface area contributed by atoms with Gasteiger partial charge in [0.05, 0.1) is 0 Å². The number of phenolic OH excluding ortho intramolecular Hbond substituents is 1. The average molecular weight is 625 g/mol. The van der Waals surface area contributed by atoms with E-state index >= 15 is 0 Å². The van der Waals surface area contributed by atoms with Crippen LogP contribution in [0.15, 0.2) is 12.1 Å². The van der Waals surface area contributed by atoms with E-state index in [1.54, 1.807) is 0 Å². The van der Waals surface area contributed by atoms with E-state index in [0.717, 1.165) is 17.5 Å². The van der Waals surface area contributed by atoms with Gasteiger partial charge in [0, 0.05) is 22.2 Å². The topological polar surface area (TPSA) is 26.7 Å². The first kappa shape index (κ1) is 38.4. The van der Waals surface area contributed by atoms with E-state index in [-0.39, 0.29) is 38.4 Å². The Morgan fingerprint density at radius 2 is 1.02 bits per heavy atom. The highest BCUT2D eigenvalue weighted by molar-refractivity contribution is 5.50. The molecule has 0 radical (unpaired) electrons. The molecule has 2 heterocycles. The van der Waals surface area contributed by atoms with Gasteiger partial charge in [-0.25, -0.2) is 0 Å². The maximum atomic E-state index is 11.6. The molecule has 1 aromatic rings. The number of aromatic hydroxyl groups is 1. The lowest BCUT2D eigenvalue weighted by molar-refractivity contribution is -0.112. The summed E-state index contributed by atoms with van der Waals surface area (Å²) in [6.45, 7) is 38.5. The molecule has 2 saturated heterocycles. The molecule has 1 unspecified atom stereocenters. The van der Waals surface area contributed by atoms with Gasteiger partial charge in [0.25, 0.3) is 0 Å². The number of likely N-dealkylation sites (tertiary alicyclic amines) is 2. The van der Waals surface area contributed by atoms with Gasteiger partial charge >= 0.3 is 0 Å². The van der Waals surface area contributed by atoms with Crippen LogP contribution in [-0.2, 0) is 17.3 Å². The molecule has 45 heavy (non-hydrogen) atoms. The van der Waals surface area contributed by atoms with E-state index in [1.165, 1.54) is 50.5 Å². The quantitative estimate of drug-likeness (QED) is 0.312. The predicted molar refractivity (Wildman–Crippen MR) is 198 cm³/mol. The number of unbranched alkanes of at least 4 members (excludes halogenated alkanes) is 1. The molecular formula is C42H76N2O. The van der Waals surface area contributed by atoms with Gasteiger partial charge in [-0.15, -0.1) is 0 Å². The monoisotopic (exact) mass is 625 g/mol. The molecule has 260 valence electrons. The highest BCUT2D eigenvalue weighted by atomic mass is 16.3. The fourth-order valence-corrected chi connectivity index (χ4v) is 10.3. The molecule has 3 nitrogen and oxygen atoms in total. The van der Waals surface area contributed by atoms with Gasteiger partial charge in [0.15, 0.2) is 0 Å². The zero-order chi connectivity index (χ0) is 34.8. The molecule has 3 heteroatoms. The van der Waals surface area contributed by atoms with Gasteiger partial charge in [0.2, 0.25) is 0 Å². The first-order chi connectivity index (χ1) is 20.1. The average Bonchev–Trinajstić information content (AvgIpc) is 2.83. The van der Waals surface area contributed by atoms with Crippen LogP contribution in [0.2, 0.25) is 0 Å². The van der Waals surface area contributed by atoms with Crippen molar-refractivity contribution in [1.29, 1.82) is 0 Å². The van der Waals surface area contributed by atoms with Gasteiger partial charge in [-0.3, -0.25) is 9.80 Å². The normalized spacial score (nSPS) is 24.6. The van der Waals surface area contributed by atoms with Crippen LogP contribution in [0.4, 0.5) is 0 Å². The Morgan fingerprint density at radius 3 is 1.31 bits per heavy atom. The fraction of sp³-hybridized carbons (Fsp3) is 0.857. The molecule has 2 aliphatic rings.